The minimum Gasteiger partial charge on any atom is -0.494 e. The molecule has 0 fully saturated rings. The van der Waals surface area contributed by atoms with Gasteiger partial charge in [0.05, 0.1) is 22.6 Å². The Hall–Kier alpha value is -3.15. The van der Waals surface area contributed by atoms with Crippen molar-refractivity contribution >= 4 is 60.6 Å². The predicted molar refractivity (Wildman–Crippen MR) is 144 cm³/mol. The van der Waals surface area contributed by atoms with Crippen LogP contribution in [0.1, 0.15) is 24.2 Å². The molecule has 3 rings (SSSR count). The fraction of sp³-hybridized carbons (Fsp3) is 0.167. The molecule has 11 heteroatoms. The van der Waals surface area contributed by atoms with Gasteiger partial charge in [-0.05, 0) is 109 Å². The number of thiocarbonyl (C=S) groups is 1. The van der Waals surface area contributed by atoms with Gasteiger partial charge in [0.1, 0.15) is 11.5 Å². The first-order valence-electron chi connectivity index (χ1n) is 10.6. The highest BCUT2D eigenvalue weighted by molar-refractivity contribution is 9.10. The van der Waals surface area contributed by atoms with Gasteiger partial charge in [0.15, 0.2) is 5.11 Å². The van der Waals surface area contributed by atoms with Crippen LogP contribution in [0.25, 0.3) is 0 Å². The number of nitrogens with one attached hydrogen (secondary N) is 3. The molecule has 0 aliphatic carbocycles. The van der Waals surface area contributed by atoms with E-state index in [2.05, 4.69) is 31.3 Å². The summed E-state index contributed by atoms with van der Waals surface area (Å²) in [6.07, 6.45) is 0. The van der Waals surface area contributed by atoms with Crippen molar-refractivity contribution in [1.82, 2.24) is 5.32 Å². The molecule has 0 bridgehead atoms. The number of anilines is 2. The topological polar surface area (TPSA) is 106 Å². The van der Waals surface area contributed by atoms with Crippen LogP contribution in [0.15, 0.2) is 76.1 Å². The second kappa shape index (κ2) is 12.0. The van der Waals surface area contributed by atoms with Gasteiger partial charge in [-0.3, -0.25) is 14.8 Å². The average Bonchev–Trinajstić information content (AvgIpc) is 2.82. The zero-order chi connectivity index (χ0) is 25.4. The number of benzene rings is 3. The molecule has 0 aromatic heterocycles. The van der Waals surface area contributed by atoms with Crippen molar-refractivity contribution in [2.75, 3.05) is 23.3 Å². The number of ether oxygens (including phenoxy) is 2. The Morgan fingerprint density at radius 2 is 1.54 bits per heavy atom. The minimum absolute atomic E-state index is 0.0723. The molecule has 0 spiro atoms. The first-order valence-corrected chi connectivity index (χ1v) is 13.3. The normalized spacial score (nSPS) is 10.8. The van der Waals surface area contributed by atoms with Gasteiger partial charge in [-0.1, -0.05) is 0 Å². The summed E-state index contributed by atoms with van der Waals surface area (Å²) in [6.45, 7) is 4.78. The third kappa shape index (κ3) is 7.41. The molecule has 0 atom stereocenters. The van der Waals surface area contributed by atoms with Crippen LogP contribution in [0.2, 0.25) is 0 Å². The van der Waals surface area contributed by atoms with Crippen LogP contribution in [0, 0.1) is 0 Å². The van der Waals surface area contributed by atoms with E-state index >= 15 is 0 Å². The van der Waals surface area contributed by atoms with Crippen molar-refractivity contribution in [1.29, 1.82) is 0 Å². The molecule has 35 heavy (non-hydrogen) atoms. The minimum atomic E-state index is -3.79. The van der Waals surface area contributed by atoms with Gasteiger partial charge in [-0.15, -0.1) is 0 Å². The highest BCUT2D eigenvalue weighted by Crippen LogP contribution is 2.26. The number of amides is 1. The molecule has 0 saturated carbocycles. The number of rotatable bonds is 9. The third-order valence-corrected chi connectivity index (χ3v) is 6.78. The summed E-state index contributed by atoms with van der Waals surface area (Å²) in [6, 6.07) is 17.6. The standard InChI is InChI=1S/C24H24BrN3O5S2/c1-3-32-19-10-6-18(7-11-19)28-35(30,31)20-12-8-17(9-13-20)26-24(34)27-23(29)16-5-14-22(33-4-2)21(25)15-16/h5-15,28H,3-4H2,1-2H3,(H2,26,27,29,34). The monoisotopic (exact) mass is 577 g/mol. The van der Waals surface area contributed by atoms with E-state index in [0.717, 1.165) is 0 Å². The smallest absolute Gasteiger partial charge is 0.261 e. The fourth-order valence-corrected chi connectivity index (χ4v) is 4.73. The number of halogens is 1. The Labute approximate surface area is 218 Å². The fourth-order valence-electron chi connectivity index (χ4n) is 2.97. The first-order chi connectivity index (χ1) is 16.7. The number of hydrogen-bond donors (Lipinski definition) is 3. The average molecular weight is 579 g/mol. The van der Waals surface area contributed by atoms with Gasteiger partial charge in [0.25, 0.3) is 15.9 Å². The summed E-state index contributed by atoms with van der Waals surface area (Å²) in [5.74, 6) is 0.894. The molecule has 1 amide bonds. The lowest BCUT2D eigenvalue weighted by Crippen LogP contribution is -2.34. The second-order valence-corrected chi connectivity index (χ2v) is 10.0. The molecular weight excluding hydrogens is 554 g/mol. The van der Waals surface area contributed by atoms with Crippen molar-refractivity contribution in [3.63, 3.8) is 0 Å². The van der Waals surface area contributed by atoms with Gasteiger partial charge >= 0.3 is 0 Å². The molecule has 0 heterocycles. The Kier molecular flexibility index (Phi) is 9.07. The number of carbonyl (C=O) groups excluding carboxylic acids is 1. The van der Waals surface area contributed by atoms with Crippen molar-refractivity contribution in [2.24, 2.45) is 0 Å². The van der Waals surface area contributed by atoms with Crippen molar-refractivity contribution in [2.45, 2.75) is 18.7 Å². The van der Waals surface area contributed by atoms with E-state index < -0.39 is 15.9 Å². The molecule has 0 aliphatic heterocycles. The maximum Gasteiger partial charge on any atom is 0.261 e. The Morgan fingerprint density at radius 3 is 2.14 bits per heavy atom. The molecular formula is C24H24BrN3O5S2. The van der Waals surface area contributed by atoms with Crippen molar-refractivity contribution in [3.8, 4) is 11.5 Å². The Balaban J connectivity index is 1.59. The predicted octanol–water partition coefficient (Wildman–Crippen LogP) is 5.17. The zero-order valence-electron chi connectivity index (χ0n) is 19.0. The lowest BCUT2D eigenvalue weighted by molar-refractivity contribution is 0.0977. The molecule has 0 aliphatic rings. The van der Waals surface area contributed by atoms with Crippen LogP contribution in [0.3, 0.4) is 0 Å². The van der Waals surface area contributed by atoms with E-state index in [-0.39, 0.29) is 10.0 Å². The summed E-state index contributed by atoms with van der Waals surface area (Å²) >= 11 is 8.59. The number of carbonyl (C=O) groups is 1. The van der Waals surface area contributed by atoms with Crippen molar-refractivity contribution in [3.05, 3.63) is 76.8 Å². The van der Waals surface area contributed by atoms with Gasteiger partial charge in [-0.2, -0.15) is 0 Å². The third-order valence-electron chi connectivity index (χ3n) is 4.56. The van der Waals surface area contributed by atoms with Gasteiger partial charge in [-0.25, -0.2) is 8.42 Å². The number of hydrogen-bond acceptors (Lipinski definition) is 6. The van der Waals surface area contributed by atoms with E-state index in [1.807, 2.05) is 13.8 Å². The number of sulfonamides is 1. The SMILES string of the molecule is CCOc1ccc(NS(=O)(=O)c2ccc(NC(=S)NC(=O)c3ccc(OCC)c(Br)c3)cc2)cc1. The first kappa shape index (κ1) is 26.5. The summed E-state index contributed by atoms with van der Waals surface area (Å²) in [5.41, 5.74) is 1.33. The lowest BCUT2D eigenvalue weighted by atomic mass is 10.2. The molecule has 184 valence electrons. The Morgan fingerprint density at radius 1 is 0.914 bits per heavy atom. The largest absolute Gasteiger partial charge is 0.494 e. The van der Waals surface area contributed by atoms with E-state index in [1.54, 1.807) is 54.6 Å². The maximum atomic E-state index is 12.7. The second-order valence-electron chi connectivity index (χ2n) is 7.07. The van der Waals surface area contributed by atoms with Gasteiger partial charge < -0.3 is 14.8 Å². The summed E-state index contributed by atoms with van der Waals surface area (Å²) in [7, 11) is -3.79. The molecule has 0 radical (unpaired) electrons. The summed E-state index contributed by atoms with van der Waals surface area (Å²) in [5, 5.41) is 5.54. The van der Waals surface area contributed by atoms with Crippen molar-refractivity contribution < 1.29 is 22.7 Å². The molecule has 0 unspecified atom stereocenters. The quantitative estimate of drug-likeness (QED) is 0.301. The molecule has 3 aromatic rings. The van der Waals surface area contributed by atoms with Crippen LogP contribution < -0.4 is 24.8 Å². The van der Waals surface area contributed by atoms with Crippen LogP contribution in [0.5, 0.6) is 11.5 Å². The molecule has 0 saturated heterocycles. The van der Waals surface area contributed by atoms with E-state index in [9.17, 15) is 13.2 Å². The molecule has 3 aromatic carbocycles. The van der Waals surface area contributed by atoms with E-state index in [4.69, 9.17) is 21.7 Å². The molecule has 3 N–H and O–H groups in total. The summed E-state index contributed by atoms with van der Waals surface area (Å²) < 4.78 is 39.3. The van der Waals surface area contributed by atoms with Crippen LogP contribution >= 0.6 is 28.1 Å². The van der Waals surface area contributed by atoms with Crippen LogP contribution in [-0.2, 0) is 10.0 Å². The van der Waals surface area contributed by atoms with Crippen LogP contribution in [0.4, 0.5) is 11.4 Å². The lowest BCUT2D eigenvalue weighted by Gasteiger charge is -2.12. The molecule has 8 nitrogen and oxygen atoms in total. The zero-order valence-corrected chi connectivity index (χ0v) is 22.2. The van der Waals surface area contributed by atoms with Gasteiger partial charge in [0.2, 0.25) is 0 Å². The van der Waals surface area contributed by atoms with E-state index in [1.165, 1.54) is 12.1 Å². The van der Waals surface area contributed by atoms with E-state index in [0.29, 0.717) is 46.1 Å². The van der Waals surface area contributed by atoms with Crippen LogP contribution in [-0.4, -0.2) is 32.7 Å². The Bertz CT molecular complexity index is 1300. The maximum absolute atomic E-state index is 12.7. The summed E-state index contributed by atoms with van der Waals surface area (Å²) in [4.78, 5) is 12.6. The highest BCUT2D eigenvalue weighted by Gasteiger charge is 2.15. The highest BCUT2D eigenvalue weighted by atomic mass is 79.9. The van der Waals surface area contributed by atoms with Gasteiger partial charge in [0, 0.05) is 16.9 Å².